The molecule has 0 heterocycles. The van der Waals surface area contributed by atoms with Gasteiger partial charge in [0, 0.05) is 12.0 Å². The van der Waals surface area contributed by atoms with Gasteiger partial charge in [-0.25, -0.2) is 4.79 Å². The highest BCUT2D eigenvalue weighted by molar-refractivity contribution is 5.87. The van der Waals surface area contributed by atoms with Gasteiger partial charge in [0.25, 0.3) is 0 Å². The molecule has 32 heavy (non-hydrogen) atoms. The fraction of sp³-hybridized carbons (Fsp3) is 0.348. The number of methoxy groups -OCH3 is 2. The molecule has 9 nitrogen and oxygen atoms in total. The summed E-state index contributed by atoms with van der Waals surface area (Å²) in [6.07, 6.45) is -1.49. The number of phenols is 2. The van der Waals surface area contributed by atoms with Crippen LogP contribution in [-0.2, 0) is 27.5 Å². The number of aliphatic hydroxyl groups is 1. The predicted octanol–water partition coefficient (Wildman–Crippen LogP) is 2.36. The van der Waals surface area contributed by atoms with Gasteiger partial charge >= 0.3 is 5.97 Å². The van der Waals surface area contributed by atoms with Crippen molar-refractivity contribution >= 4 is 5.97 Å². The summed E-state index contributed by atoms with van der Waals surface area (Å²) in [5.74, 6) is -0.585. The Morgan fingerprint density at radius 3 is 1.94 bits per heavy atom. The average Bonchev–Trinajstić information content (AvgIpc) is 2.77. The minimum absolute atomic E-state index is 0.00181. The summed E-state index contributed by atoms with van der Waals surface area (Å²) < 4.78 is 21.5. The zero-order valence-electron chi connectivity index (χ0n) is 17.7. The Hall–Kier alpha value is -3.27. The molecule has 9 heteroatoms. The number of carboxylic acid groups (broad SMARTS) is 1. The summed E-state index contributed by atoms with van der Waals surface area (Å²) in [7, 11) is 2.88. The Morgan fingerprint density at radius 2 is 1.47 bits per heavy atom. The highest BCUT2D eigenvalue weighted by Crippen LogP contribution is 2.30. The number of aliphatic carboxylic acids is 1. The summed E-state index contributed by atoms with van der Waals surface area (Å²) in [5.41, 5.74) is 1.33. The lowest BCUT2D eigenvalue weighted by Gasteiger charge is -2.33. The molecule has 0 fully saturated rings. The Morgan fingerprint density at radius 1 is 0.938 bits per heavy atom. The molecule has 0 bridgehead atoms. The lowest BCUT2D eigenvalue weighted by Crippen LogP contribution is -2.43. The van der Waals surface area contributed by atoms with Gasteiger partial charge < -0.3 is 39.4 Å². The van der Waals surface area contributed by atoms with Crippen molar-refractivity contribution in [3.8, 4) is 23.0 Å². The van der Waals surface area contributed by atoms with Crippen LogP contribution in [-0.4, -0.2) is 58.9 Å². The maximum Gasteiger partial charge on any atom is 0.331 e. The molecular formula is C23H26O9. The van der Waals surface area contributed by atoms with Crippen molar-refractivity contribution in [3.05, 3.63) is 59.2 Å². The number of phenolic OH excluding ortho intramolecular Hbond substituents is 2. The van der Waals surface area contributed by atoms with E-state index in [1.54, 1.807) is 24.3 Å². The van der Waals surface area contributed by atoms with E-state index in [2.05, 4.69) is 0 Å². The first-order chi connectivity index (χ1) is 15.3. The number of benzene rings is 2. The third-order valence-corrected chi connectivity index (χ3v) is 5.17. The largest absolute Gasteiger partial charge is 0.504 e. The van der Waals surface area contributed by atoms with Crippen molar-refractivity contribution in [1.29, 1.82) is 0 Å². The molecule has 3 atom stereocenters. The second kappa shape index (κ2) is 10.4. The lowest BCUT2D eigenvalue weighted by molar-refractivity contribution is -0.137. The number of hydrogen-bond acceptors (Lipinski definition) is 8. The Bertz CT molecular complexity index is 985. The van der Waals surface area contributed by atoms with Gasteiger partial charge in [-0.15, -0.1) is 0 Å². The van der Waals surface area contributed by atoms with E-state index in [4.69, 9.17) is 18.9 Å². The molecule has 2 aromatic rings. The standard InChI is InChI=1S/C23H26O9/c1-29-18-5-3-13(7-16(18)24)11-31-20-9-15(23(27)28)10-21(22(20)26)32-12-14-4-6-19(30-2)17(25)8-14/h3-9,20-22,24-26H,10-12H2,1-2H3,(H,27,28)/t20-,21-,22-/m1/s1. The van der Waals surface area contributed by atoms with Crippen LogP contribution in [0, 0.1) is 0 Å². The van der Waals surface area contributed by atoms with E-state index in [-0.39, 0.29) is 36.7 Å². The average molecular weight is 446 g/mol. The van der Waals surface area contributed by atoms with Crippen molar-refractivity contribution < 1.29 is 44.2 Å². The monoisotopic (exact) mass is 446 g/mol. The van der Waals surface area contributed by atoms with E-state index >= 15 is 0 Å². The van der Waals surface area contributed by atoms with Gasteiger partial charge in [0.05, 0.1) is 33.5 Å². The van der Waals surface area contributed by atoms with Crippen molar-refractivity contribution in [1.82, 2.24) is 0 Å². The van der Waals surface area contributed by atoms with Crippen molar-refractivity contribution in [2.24, 2.45) is 0 Å². The van der Waals surface area contributed by atoms with Crippen molar-refractivity contribution in [2.75, 3.05) is 14.2 Å². The predicted molar refractivity (Wildman–Crippen MR) is 113 cm³/mol. The SMILES string of the molecule is COc1ccc(CO[C@@H]2C=C(C(=O)O)C[C@@H](OCc3ccc(OC)c(O)c3)[C@@H]2O)cc1O. The van der Waals surface area contributed by atoms with E-state index in [9.17, 15) is 25.2 Å². The number of aromatic hydroxyl groups is 2. The molecule has 0 amide bonds. The first-order valence-electron chi connectivity index (χ1n) is 9.89. The van der Waals surface area contributed by atoms with Gasteiger partial charge in [-0.3, -0.25) is 0 Å². The molecule has 1 aliphatic rings. The molecule has 4 N–H and O–H groups in total. The van der Waals surface area contributed by atoms with Crippen LogP contribution in [0.4, 0.5) is 0 Å². The second-order valence-electron chi connectivity index (χ2n) is 7.33. The summed E-state index contributed by atoms with van der Waals surface area (Å²) in [6.45, 7) is 0.0764. The zero-order valence-corrected chi connectivity index (χ0v) is 17.7. The van der Waals surface area contributed by atoms with E-state index in [1.165, 1.54) is 32.4 Å². The number of rotatable bonds is 9. The molecule has 0 aromatic heterocycles. The lowest BCUT2D eigenvalue weighted by atomic mass is 9.92. The number of hydrogen-bond donors (Lipinski definition) is 4. The molecule has 0 radical (unpaired) electrons. The molecule has 0 aliphatic heterocycles. The zero-order chi connectivity index (χ0) is 23.3. The molecule has 0 saturated heterocycles. The maximum atomic E-state index is 11.6. The van der Waals surface area contributed by atoms with Crippen LogP contribution in [0.3, 0.4) is 0 Å². The van der Waals surface area contributed by atoms with Crippen molar-refractivity contribution in [2.45, 2.75) is 37.9 Å². The summed E-state index contributed by atoms with van der Waals surface area (Å²) in [6, 6.07) is 9.52. The van der Waals surface area contributed by atoms with Gasteiger partial charge in [0.15, 0.2) is 23.0 Å². The topological polar surface area (TPSA) is 135 Å². The fourth-order valence-electron chi connectivity index (χ4n) is 3.42. The van der Waals surface area contributed by atoms with Gasteiger partial charge in [0.2, 0.25) is 0 Å². The molecule has 0 unspecified atom stereocenters. The third-order valence-electron chi connectivity index (χ3n) is 5.17. The van der Waals surface area contributed by atoms with Crippen LogP contribution in [0.15, 0.2) is 48.0 Å². The van der Waals surface area contributed by atoms with Gasteiger partial charge in [0.1, 0.15) is 12.2 Å². The molecular weight excluding hydrogens is 420 g/mol. The first-order valence-corrected chi connectivity index (χ1v) is 9.89. The fourth-order valence-corrected chi connectivity index (χ4v) is 3.42. The quantitative estimate of drug-likeness (QED) is 0.458. The summed E-state index contributed by atoms with van der Waals surface area (Å²) in [5, 5.41) is 40.0. The van der Waals surface area contributed by atoms with Crippen molar-refractivity contribution in [3.63, 3.8) is 0 Å². The molecule has 0 saturated carbocycles. The Kier molecular flexibility index (Phi) is 7.57. The summed E-state index contributed by atoms with van der Waals surface area (Å²) >= 11 is 0. The Balaban J connectivity index is 1.68. The van der Waals surface area contributed by atoms with Crippen LogP contribution in [0.2, 0.25) is 0 Å². The number of carboxylic acids is 1. The van der Waals surface area contributed by atoms with Crippen LogP contribution in [0.1, 0.15) is 17.5 Å². The number of carbonyl (C=O) groups is 1. The van der Waals surface area contributed by atoms with E-state index < -0.39 is 24.3 Å². The number of ether oxygens (including phenoxy) is 4. The van der Waals surface area contributed by atoms with E-state index in [1.807, 2.05) is 0 Å². The minimum atomic E-state index is -1.12. The molecule has 3 rings (SSSR count). The van der Waals surface area contributed by atoms with Gasteiger partial charge in [-0.05, 0) is 41.5 Å². The Labute approximate surface area is 185 Å². The maximum absolute atomic E-state index is 11.6. The minimum Gasteiger partial charge on any atom is -0.504 e. The summed E-state index contributed by atoms with van der Waals surface area (Å²) in [4.78, 5) is 11.6. The second-order valence-corrected chi connectivity index (χ2v) is 7.33. The van der Waals surface area contributed by atoms with Crippen LogP contribution in [0.5, 0.6) is 23.0 Å². The van der Waals surface area contributed by atoms with Gasteiger partial charge in [-0.1, -0.05) is 12.1 Å². The first kappa shape index (κ1) is 23.4. The van der Waals surface area contributed by atoms with Crippen LogP contribution < -0.4 is 9.47 Å². The third kappa shape index (κ3) is 5.50. The normalized spacial score (nSPS) is 20.5. The van der Waals surface area contributed by atoms with Crippen LogP contribution >= 0.6 is 0 Å². The molecule has 2 aromatic carbocycles. The number of aliphatic hydroxyl groups excluding tert-OH is 1. The molecule has 1 aliphatic carbocycles. The van der Waals surface area contributed by atoms with E-state index in [0.29, 0.717) is 22.6 Å². The molecule has 172 valence electrons. The highest BCUT2D eigenvalue weighted by atomic mass is 16.5. The smallest absolute Gasteiger partial charge is 0.331 e. The molecule has 0 spiro atoms. The van der Waals surface area contributed by atoms with Gasteiger partial charge in [-0.2, -0.15) is 0 Å². The highest BCUT2D eigenvalue weighted by Gasteiger charge is 2.35. The van der Waals surface area contributed by atoms with Crippen LogP contribution in [0.25, 0.3) is 0 Å². The van der Waals surface area contributed by atoms with E-state index in [0.717, 1.165) is 0 Å².